The number of hydrogen-bond donors (Lipinski definition) is 3. The Morgan fingerprint density at radius 1 is 1.67 bits per heavy atom. The molecule has 132 valence electrons. The predicted molar refractivity (Wildman–Crippen MR) is 89.9 cm³/mol. The highest BCUT2D eigenvalue weighted by atomic mass is 35.5. The van der Waals surface area contributed by atoms with E-state index in [9.17, 15) is 15.2 Å². The van der Waals surface area contributed by atoms with Crippen molar-refractivity contribution in [3.63, 3.8) is 0 Å². The van der Waals surface area contributed by atoms with E-state index in [0.717, 1.165) is 4.88 Å². The van der Waals surface area contributed by atoms with Crippen LogP contribution in [0.1, 0.15) is 18.7 Å². The van der Waals surface area contributed by atoms with Crippen molar-refractivity contribution in [1.29, 1.82) is 5.41 Å². The van der Waals surface area contributed by atoms with Crippen LogP contribution in [0.4, 0.5) is 0 Å². The smallest absolute Gasteiger partial charge is 0.353 e. The third-order valence-corrected chi connectivity index (χ3v) is 4.73. The van der Waals surface area contributed by atoms with Crippen LogP contribution in [0.3, 0.4) is 0 Å². The number of nitrogens with one attached hydrogen (secondary N) is 2. The maximum atomic E-state index is 11.1. The number of thiazole rings is 1. The Morgan fingerprint density at radius 3 is 2.92 bits per heavy atom. The number of halogens is 1. The van der Waals surface area contributed by atoms with E-state index in [2.05, 4.69) is 10.3 Å². The van der Waals surface area contributed by atoms with E-state index < -0.39 is 22.1 Å². The number of aliphatic hydroxyl groups is 1. The van der Waals surface area contributed by atoms with E-state index in [1.54, 1.807) is 13.1 Å². The summed E-state index contributed by atoms with van der Waals surface area (Å²) < 4.78 is 5.96. The Bertz CT molecular complexity index is 679. The molecule has 9 nitrogen and oxygen atoms in total. The molecule has 0 amide bonds. The summed E-state index contributed by atoms with van der Waals surface area (Å²) in [7, 11) is 0. The highest BCUT2D eigenvalue weighted by molar-refractivity contribution is 7.15. The molecular formula is C13H18ClN5O4S. The van der Waals surface area contributed by atoms with Crippen LogP contribution in [-0.4, -0.2) is 51.2 Å². The third kappa shape index (κ3) is 3.51. The molecule has 1 unspecified atom stereocenters. The first-order valence-corrected chi connectivity index (χ1v) is 8.40. The van der Waals surface area contributed by atoms with Gasteiger partial charge in [0, 0.05) is 37.3 Å². The van der Waals surface area contributed by atoms with E-state index in [1.165, 1.54) is 23.2 Å². The van der Waals surface area contributed by atoms with Crippen LogP contribution in [0.5, 0.6) is 0 Å². The maximum Gasteiger partial charge on any atom is 0.353 e. The minimum absolute atomic E-state index is 0.238. The Labute approximate surface area is 147 Å². The van der Waals surface area contributed by atoms with E-state index in [4.69, 9.17) is 21.7 Å². The van der Waals surface area contributed by atoms with Gasteiger partial charge < -0.3 is 20.1 Å². The van der Waals surface area contributed by atoms with Crippen molar-refractivity contribution in [2.45, 2.75) is 26.1 Å². The Morgan fingerprint density at radius 2 is 2.38 bits per heavy atom. The number of aliphatic hydroxyl groups excluding tert-OH is 1. The van der Waals surface area contributed by atoms with Crippen molar-refractivity contribution in [2.75, 3.05) is 19.7 Å². The zero-order chi connectivity index (χ0) is 17.9. The van der Waals surface area contributed by atoms with Gasteiger partial charge in [0.15, 0.2) is 4.47 Å². The number of aromatic nitrogens is 1. The van der Waals surface area contributed by atoms with Crippen LogP contribution in [-0.2, 0) is 11.3 Å². The van der Waals surface area contributed by atoms with Crippen LogP contribution in [0.25, 0.3) is 0 Å². The highest BCUT2D eigenvalue weighted by Crippen LogP contribution is 2.35. The molecule has 0 saturated carbocycles. The summed E-state index contributed by atoms with van der Waals surface area (Å²) in [4.78, 5) is 16.6. The lowest BCUT2D eigenvalue weighted by molar-refractivity contribution is -0.418. The Hall–Kier alpha value is -1.75. The molecule has 0 bridgehead atoms. The molecular weight excluding hydrogens is 358 g/mol. The lowest BCUT2D eigenvalue weighted by Gasteiger charge is -2.35. The van der Waals surface area contributed by atoms with Crippen LogP contribution < -0.4 is 5.32 Å². The van der Waals surface area contributed by atoms with Gasteiger partial charge in [0.05, 0.1) is 4.92 Å². The van der Waals surface area contributed by atoms with Crippen molar-refractivity contribution >= 4 is 28.8 Å². The van der Waals surface area contributed by atoms with Gasteiger partial charge in [0.2, 0.25) is 17.3 Å². The standard InChI is InChI=1S/C13H18ClN5O4S/c1-3-23-13(2)10(20)9(19(21)22)11(15)18(13)5-4-16-6-8-7-17-12(14)24-8/h7,15-16,20H,3-6H2,1-2H3. The molecule has 1 aromatic rings. The van der Waals surface area contributed by atoms with Gasteiger partial charge in [-0.05, 0) is 13.8 Å². The highest BCUT2D eigenvalue weighted by Gasteiger charge is 2.53. The molecule has 11 heteroatoms. The van der Waals surface area contributed by atoms with Crippen molar-refractivity contribution in [1.82, 2.24) is 15.2 Å². The quantitative estimate of drug-likeness (QED) is 0.360. The lowest BCUT2D eigenvalue weighted by atomic mass is 10.2. The first-order chi connectivity index (χ1) is 11.3. The van der Waals surface area contributed by atoms with Crippen LogP contribution in [0.2, 0.25) is 4.47 Å². The second-order valence-electron chi connectivity index (χ2n) is 5.13. The first-order valence-electron chi connectivity index (χ1n) is 7.20. The van der Waals surface area contributed by atoms with E-state index in [-0.39, 0.29) is 19.0 Å². The maximum absolute atomic E-state index is 11.1. The number of nitrogens with zero attached hydrogens (tertiary/aromatic N) is 3. The summed E-state index contributed by atoms with van der Waals surface area (Å²) in [5, 5.41) is 32.4. The second kappa shape index (κ2) is 7.43. The monoisotopic (exact) mass is 375 g/mol. The number of nitro groups is 1. The number of hydrogen-bond acceptors (Lipinski definition) is 8. The second-order valence-corrected chi connectivity index (χ2v) is 6.82. The van der Waals surface area contributed by atoms with E-state index in [0.29, 0.717) is 17.6 Å². The molecule has 24 heavy (non-hydrogen) atoms. The van der Waals surface area contributed by atoms with Gasteiger partial charge >= 0.3 is 5.70 Å². The Kier molecular flexibility index (Phi) is 5.75. The molecule has 0 saturated heterocycles. The fourth-order valence-electron chi connectivity index (χ4n) is 2.49. The van der Waals surface area contributed by atoms with E-state index in [1.807, 2.05) is 0 Å². The minimum Gasteiger partial charge on any atom is -0.502 e. The predicted octanol–water partition coefficient (Wildman–Crippen LogP) is 1.98. The molecule has 2 rings (SSSR count). The summed E-state index contributed by atoms with van der Waals surface area (Å²) in [6.45, 7) is 4.69. The SMILES string of the molecule is CCOC1(C)C(O)=C([N+](=O)[O-])C(=N)N1CCNCc1cnc(Cl)s1. The molecule has 0 fully saturated rings. The summed E-state index contributed by atoms with van der Waals surface area (Å²) in [6, 6.07) is 0. The summed E-state index contributed by atoms with van der Waals surface area (Å²) in [6.07, 6.45) is 1.67. The molecule has 0 aromatic carbocycles. The van der Waals surface area contributed by atoms with Gasteiger partial charge in [-0.2, -0.15) is 0 Å². The van der Waals surface area contributed by atoms with Crippen LogP contribution in [0, 0.1) is 15.5 Å². The molecule has 1 aliphatic heterocycles. The van der Waals surface area contributed by atoms with Gasteiger partial charge in [0.1, 0.15) is 0 Å². The average Bonchev–Trinajstić information content (AvgIpc) is 2.98. The summed E-state index contributed by atoms with van der Waals surface area (Å²) in [5.41, 5.74) is -2.04. The average molecular weight is 376 g/mol. The lowest BCUT2D eigenvalue weighted by Crippen LogP contribution is -2.50. The van der Waals surface area contributed by atoms with Crippen molar-refractivity contribution < 1.29 is 14.8 Å². The number of rotatable bonds is 8. The fraction of sp³-hybridized carbons (Fsp3) is 0.538. The van der Waals surface area contributed by atoms with Gasteiger partial charge in [-0.25, -0.2) is 4.98 Å². The van der Waals surface area contributed by atoms with Crippen molar-refractivity contribution in [3.8, 4) is 0 Å². The van der Waals surface area contributed by atoms with Gasteiger partial charge in [-0.15, -0.1) is 11.3 Å². The van der Waals surface area contributed by atoms with Crippen LogP contribution in [0.15, 0.2) is 17.7 Å². The zero-order valence-corrected chi connectivity index (χ0v) is 14.8. The molecule has 1 atom stereocenters. The Balaban J connectivity index is 2.02. The molecule has 0 spiro atoms. The van der Waals surface area contributed by atoms with Gasteiger partial charge in [0.25, 0.3) is 0 Å². The molecule has 0 radical (unpaired) electrons. The molecule has 1 aliphatic rings. The fourth-order valence-corrected chi connectivity index (χ4v) is 3.44. The number of ether oxygens (including phenoxy) is 1. The summed E-state index contributed by atoms with van der Waals surface area (Å²) in [5.74, 6) is -0.912. The molecule has 0 aliphatic carbocycles. The topological polar surface area (TPSA) is 125 Å². The summed E-state index contributed by atoms with van der Waals surface area (Å²) >= 11 is 7.12. The van der Waals surface area contributed by atoms with Crippen molar-refractivity contribution in [3.05, 3.63) is 37.1 Å². The normalized spacial score (nSPS) is 21.0. The van der Waals surface area contributed by atoms with Gasteiger partial charge in [-0.3, -0.25) is 15.5 Å². The molecule has 3 N–H and O–H groups in total. The molecule has 2 heterocycles. The number of amidine groups is 1. The largest absolute Gasteiger partial charge is 0.502 e. The third-order valence-electron chi connectivity index (χ3n) is 3.62. The van der Waals surface area contributed by atoms with Crippen LogP contribution >= 0.6 is 22.9 Å². The molecule has 1 aromatic heterocycles. The van der Waals surface area contributed by atoms with Crippen molar-refractivity contribution in [2.24, 2.45) is 0 Å². The first kappa shape index (κ1) is 18.6. The zero-order valence-electron chi connectivity index (χ0n) is 13.2. The minimum atomic E-state index is -1.41. The van der Waals surface area contributed by atoms with Gasteiger partial charge in [-0.1, -0.05) is 11.6 Å². The van der Waals surface area contributed by atoms with E-state index >= 15 is 0 Å².